The lowest BCUT2D eigenvalue weighted by Crippen LogP contribution is -2.30. The van der Waals surface area contributed by atoms with Gasteiger partial charge in [-0.25, -0.2) is 9.78 Å². The summed E-state index contributed by atoms with van der Waals surface area (Å²) in [7, 11) is 0. The maximum Gasteiger partial charge on any atom is 0.339 e. The second-order valence-corrected chi connectivity index (χ2v) is 9.58. The number of para-hydroxylation sites is 1. The summed E-state index contributed by atoms with van der Waals surface area (Å²) in [6.45, 7) is 3.68. The number of nitrogens with one attached hydrogen (secondary N) is 1. The van der Waals surface area contributed by atoms with Gasteiger partial charge < -0.3 is 10.1 Å². The Morgan fingerprint density at radius 1 is 1.09 bits per heavy atom. The number of anilines is 1. The molecular formula is C29H26N2O3S. The highest BCUT2D eigenvalue weighted by Crippen LogP contribution is 2.38. The van der Waals surface area contributed by atoms with Gasteiger partial charge in [0.25, 0.3) is 5.91 Å². The molecule has 1 aliphatic carbocycles. The number of ether oxygens (including phenoxy) is 1. The number of aromatic nitrogens is 1. The minimum atomic E-state index is -0.946. The Labute approximate surface area is 208 Å². The van der Waals surface area contributed by atoms with E-state index in [1.165, 1.54) is 5.56 Å². The lowest BCUT2D eigenvalue weighted by atomic mass is 10.0. The molecule has 0 saturated heterocycles. The van der Waals surface area contributed by atoms with Gasteiger partial charge in [-0.3, -0.25) is 4.79 Å². The second kappa shape index (κ2) is 9.84. The number of hydrogen-bond donors (Lipinski definition) is 1. The molecule has 5 rings (SSSR count). The Bertz CT molecular complexity index is 1420. The number of nitrogens with zero attached hydrogens (tertiary/aromatic N) is 1. The summed E-state index contributed by atoms with van der Waals surface area (Å²) in [4.78, 5) is 32.2. The fourth-order valence-electron chi connectivity index (χ4n) is 4.40. The molecule has 2 heterocycles. The zero-order valence-corrected chi connectivity index (χ0v) is 20.5. The molecule has 1 amide bonds. The normalized spacial score (nSPS) is 14.6. The summed E-state index contributed by atoms with van der Waals surface area (Å²) < 4.78 is 5.69. The molecule has 0 fully saturated rings. The first-order chi connectivity index (χ1) is 17.0. The van der Waals surface area contributed by atoms with Crippen molar-refractivity contribution in [2.24, 2.45) is 0 Å². The summed E-state index contributed by atoms with van der Waals surface area (Å²) in [5, 5.41) is 5.63. The largest absolute Gasteiger partial charge is 0.449 e. The van der Waals surface area contributed by atoms with E-state index < -0.39 is 12.1 Å². The third-order valence-electron chi connectivity index (χ3n) is 6.29. The Kier molecular flexibility index (Phi) is 6.47. The van der Waals surface area contributed by atoms with E-state index in [0.29, 0.717) is 17.7 Å². The molecule has 5 nitrogen and oxygen atoms in total. The monoisotopic (exact) mass is 482 g/mol. The lowest BCUT2D eigenvalue weighted by Gasteiger charge is -2.16. The van der Waals surface area contributed by atoms with Gasteiger partial charge in [0.05, 0.1) is 16.8 Å². The van der Waals surface area contributed by atoms with Crippen LogP contribution in [0.2, 0.25) is 0 Å². The number of carbonyl (C=O) groups excluding carboxylic acids is 2. The molecule has 2 aromatic carbocycles. The van der Waals surface area contributed by atoms with Crippen molar-refractivity contribution in [1.29, 1.82) is 0 Å². The van der Waals surface area contributed by atoms with E-state index in [0.717, 1.165) is 45.5 Å². The standard InChI is InChI=1S/C29H26N2O3S/c1-3-19-10-13-21(14-11-19)30-28(32)18(2)34-29(33)26-23-8-4-5-9-25(23)31-27-20(12-15-24(26)27)17-22-7-6-16-35-22/h4-11,13-14,16-18H,3,12,15H2,1-2H3,(H,30,32). The first kappa shape index (κ1) is 23.0. The van der Waals surface area contributed by atoms with Gasteiger partial charge in [0.1, 0.15) is 0 Å². The van der Waals surface area contributed by atoms with Gasteiger partial charge in [-0.2, -0.15) is 0 Å². The first-order valence-corrected chi connectivity index (χ1v) is 12.7. The van der Waals surface area contributed by atoms with Crippen LogP contribution in [0.3, 0.4) is 0 Å². The van der Waals surface area contributed by atoms with Crippen molar-refractivity contribution in [3.63, 3.8) is 0 Å². The average Bonchev–Trinajstić information content (AvgIpc) is 3.53. The summed E-state index contributed by atoms with van der Waals surface area (Å²) in [6, 6.07) is 19.3. The van der Waals surface area contributed by atoms with Crippen LogP contribution in [-0.2, 0) is 22.4 Å². The number of hydrogen-bond acceptors (Lipinski definition) is 5. The Balaban J connectivity index is 1.43. The van der Waals surface area contributed by atoms with E-state index in [1.54, 1.807) is 18.3 Å². The quantitative estimate of drug-likeness (QED) is 0.317. The van der Waals surface area contributed by atoms with E-state index >= 15 is 0 Å². The van der Waals surface area contributed by atoms with Crippen LogP contribution >= 0.6 is 11.3 Å². The van der Waals surface area contributed by atoms with Crippen LogP contribution in [0.25, 0.3) is 22.6 Å². The highest BCUT2D eigenvalue weighted by atomic mass is 32.1. The fourth-order valence-corrected chi connectivity index (χ4v) is 5.08. The average molecular weight is 483 g/mol. The van der Waals surface area contributed by atoms with Gasteiger partial charge in [-0.15, -0.1) is 11.3 Å². The summed E-state index contributed by atoms with van der Waals surface area (Å²) in [5.41, 5.74) is 5.96. The van der Waals surface area contributed by atoms with E-state index in [1.807, 2.05) is 60.0 Å². The highest BCUT2D eigenvalue weighted by molar-refractivity contribution is 7.10. The molecule has 0 spiro atoms. The van der Waals surface area contributed by atoms with Gasteiger partial charge in [-0.05, 0) is 78.6 Å². The van der Waals surface area contributed by atoms with Crippen LogP contribution in [0.4, 0.5) is 5.69 Å². The van der Waals surface area contributed by atoms with Crippen LogP contribution in [0, 0.1) is 0 Å². The molecule has 1 aliphatic rings. The molecular weight excluding hydrogens is 456 g/mol. The number of allylic oxidation sites excluding steroid dienone is 1. The third-order valence-corrected chi connectivity index (χ3v) is 7.11. The van der Waals surface area contributed by atoms with Crippen LogP contribution < -0.4 is 5.32 Å². The molecule has 0 saturated carbocycles. The Morgan fingerprint density at radius 3 is 2.63 bits per heavy atom. The van der Waals surface area contributed by atoms with Crippen molar-refractivity contribution in [1.82, 2.24) is 4.98 Å². The van der Waals surface area contributed by atoms with E-state index in [2.05, 4.69) is 24.4 Å². The first-order valence-electron chi connectivity index (χ1n) is 11.8. The van der Waals surface area contributed by atoms with Crippen molar-refractivity contribution in [3.8, 4) is 0 Å². The van der Waals surface area contributed by atoms with Crippen LogP contribution in [0.5, 0.6) is 0 Å². The molecule has 35 heavy (non-hydrogen) atoms. The number of fused-ring (bicyclic) bond motifs is 2. The highest BCUT2D eigenvalue weighted by Gasteiger charge is 2.29. The Morgan fingerprint density at radius 2 is 1.89 bits per heavy atom. The number of amides is 1. The van der Waals surface area contributed by atoms with Crippen molar-refractivity contribution in [2.45, 2.75) is 39.2 Å². The lowest BCUT2D eigenvalue weighted by molar-refractivity contribution is -0.123. The summed E-state index contributed by atoms with van der Waals surface area (Å²) in [5.74, 6) is -0.864. The molecule has 1 unspecified atom stereocenters. The molecule has 176 valence electrons. The predicted molar refractivity (Wildman–Crippen MR) is 142 cm³/mol. The van der Waals surface area contributed by atoms with Crippen molar-refractivity contribution >= 4 is 51.5 Å². The summed E-state index contributed by atoms with van der Waals surface area (Å²) in [6.07, 6.45) is 3.64. The zero-order chi connectivity index (χ0) is 24.4. The molecule has 0 bridgehead atoms. The maximum absolute atomic E-state index is 13.4. The molecule has 2 aromatic heterocycles. The number of carbonyl (C=O) groups is 2. The van der Waals surface area contributed by atoms with E-state index in [4.69, 9.17) is 9.72 Å². The summed E-state index contributed by atoms with van der Waals surface area (Å²) >= 11 is 1.67. The molecule has 6 heteroatoms. The Hall–Kier alpha value is -3.77. The maximum atomic E-state index is 13.4. The van der Waals surface area contributed by atoms with Gasteiger partial charge in [0.2, 0.25) is 0 Å². The van der Waals surface area contributed by atoms with Crippen molar-refractivity contribution < 1.29 is 14.3 Å². The van der Waals surface area contributed by atoms with Gasteiger partial charge in [0, 0.05) is 16.0 Å². The van der Waals surface area contributed by atoms with E-state index in [-0.39, 0.29) is 5.91 Å². The number of thiophene rings is 1. The van der Waals surface area contributed by atoms with Crippen LogP contribution in [0.1, 0.15) is 52.3 Å². The van der Waals surface area contributed by atoms with Crippen LogP contribution in [0.15, 0.2) is 66.0 Å². The smallest absolute Gasteiger partial charge is 0.339 e. The number of rotatable bonds is 6. The number of aryl methyl sites for hydroxylation is 1. The molecule has 1 N–H and O–H groups in total. The predicted octanol–water partition coefficient (Wildman–Crippen LogP) is 6.53. The third kappa shape index (κ3) is 4.75. The molecule has 0 aliphatic heterocycles. The fraction of sp³-hybridized carbons (Fsp3) is 0.207. The molecule has 1 atom stereocenters. The van der Waals surface area contributed by atoms with Crippen molar-refractivity contribution in [2.75, 3.05) is 5.32 Å². The topological polar surface area (TPSA) is 68.3 Å². The van der Waals surface area contributed by atoms with Gasteiger partial charge in [-0.1, -0.05) is 43.3 Å². The zero-order valence-electron chi connectivity index (χ0n) is 19.7. The SMILES string of the molecule is CCc1ccc(NC(=O)C(C)OC(=O)c2c3c(nc4ccccc24)C(=Cc2cccs2)CC3)cc1. The second-order valence-electron chi connectivity index (χ2n) is 8.60. The van der Waals surface area contributed by atoms with Crippen molar-refractivity contribution in [3.05, 3.63) is 93.3 Å². The van der Waals surface area contributed by atoms with Gasteiger partial charge in [0.15, 0.2) is 6.10 Å². The minimum Gasteiger partial charge on any atom is -0.449 e. The minimum absolute atomic E-state index is 0.365. The van der Waals surface area contributed by atoms with Crippen LogP contribution in [-0.4, -0.2) is 23.0 Å². The number of pyridine rings is 1. The van der Waals surface area contributed by atoms with E-state index in [9.17, 15) is 9.59 Å². The molecule has 4 aromatic rings. The van der Waals surface area contributed by atoms with Gasteiger partial charge >= 0.3 is 5.97 Å². The molecule has 0 radical (unpaired) electrons. The number of benzene rings is 2. The number of esters is 1.